The van der Waals surface area contributed by atoms with Gasteiger partial charge in [-0.3, -0.25) is 4.79 Å². The number of benzene rings is 2. The molecular weight excluding hydrogens is 256 g/mol. The molecule has 0 unspecified atom stereocenters. The lowest BCUT2D eigenvalue weighted by molar-refractivity contribution is 0.0511. The number of hydrogen-bond donors (Lipinski definition) is 0. The Kier molecular flexibility index (Phi) is 4.74. The van der Waals surface area contributed by atoms with Crippen LogP contribution in [0.15, 0.2) is 48.5 Å². The third-order valence-corrected chi connectivity index (χ3v) is 2.81. The molecule has 0 atom stereocenters. The van der Waals surface area contributed by atoms with Gasteiger partial charge in [-0.1, -0.05) is 0 Å². The van der Waals surface area contributed by atoms with Gasteiger partial charge < -0.3 is 14.2 Å². The zero-order valence-electron chi connectivity index (χ0n) is 11.5. The number of carbonyl (C=O) groups is 1. The topological polar surface area (TPSA) is 44.8 Å². The van der Waals surface area contributed by atoms with Crippen molar-refractivity contribution in [3.05, 3.63) is 59.7 Å². The molecule has 2 aromatic carbocycles. The van der Waals surface area contributed by atoms with Crippen LogP contribution in [0.4, 0.5) is 0 Å². The highest BCUT2D eigenvalue weighted by atomic mass is 16.7. The van der Waals surface area contributed by atoms with Gasteiger partial charge in [0.15, 0.2) is 12.6 Å². The van der Waals surface area contributed by atoms with E-state index < -0.39 is 0 Å². The molecule has 0 aromatic heterocycles. The van der Waals surface area contributed by atoms with Gasteiger partial charge in [-0.2, -0.15) is 0 Å². The zero-order valence-corrected chi connectivity index (χ0v) is 11.5. The van der Waals surface area contributed by atoms with Crippen molar-refractivity contribution in [1.29, 1.82) is 0 Å². The Hall–Kier alpha value is -2.33. The molecule has 2 rings (SSSR count). The molecule has 0 bridgehead atoms. The van der Waals surface area contributed by atoms with Crippen LogP contribution >= 0.6 is 0 Å². The first-order valence-electron chi connectivity index (χ1n) is 6.15. The summed E-state index contributed by atoms with van der Waals surface area (Å²) in [6.07, 6.45) is 0. The van der Waals surface area contributed by atoms with Gasteiger partial charge in [0, 0.05) is 18.2 Å². The number of hydrogen-bond acceptors (Lipinski definition) is 4. The normalized spacial score (nSPS) is 10.1. The summed E-state index contributed by atoms with van der Waals surface area (Å²) in [6, 6.07) is 14.0. The smallest absolute Gasteiger partial charge is 0.193 e. The largest absolute Gasteiger partial charge is 0.497 e. The summed E-state index contributed by atoms with van der Waals surface area (Å²) in [6.45, 7) is 0.186. The highest BCUT2D eigenvalue weighted by molar-refractivity contribution is 6.09. The van der Waals surface area contributed by atoms with Crippen LogP contribution in [-0.2, 0) is 4.74 Å². The third kappa shape index (κ3) is 3.36. The standard InChI is InChI=1S/C16H16O4/c1-18-11-20-15-9-5-13(6-10-15)16(17)12-3-7-14(19-2)8-4-12/h3-10H,11H2,1-2H3. The van der Waals surface area contributed by atoms with E-state index in [-0.39, 0.29) is 12.6 Å². The van der Waals surface area contributed by atoms with Crippen LogP contribution in [0, 0.1) is 0 Å². The lowest BCUT2D eigenvalue weighted by Crippen LogP contribution is -2.02. The second kappa shape index (κ2) is 6.73. The summed E-state index contributed by atoms with van der Waals surface area (Å²) in [7, 11) is 3.15. The Bertz CT molecular complexity index is 558. The molecule has 104 valence electrons. The molecule has 2 aromatic rings. The van der Waals surface area contributed by atoms with Gasteiger partial charge in [0.25, 0.3) is 0 Å². The fourth-order valence-electron chi connectivity index (χ4n) is 1.74. The van der Waals surface area contributed by atoms with Gasteiger partial charge in [-0.15, -0.1) is 0 Å². The monoisotopic (exact) mass is 272 g/mol. The van der Waals surface area contributed by atoms with Crippen LogP contribution < -0.4 is 9.47 Å². The third-order valence-electron chi connectivity index (χ3n) is 2.81. The van der Waals surface area contributed by atoms with E-state index in [0.717, 1.165) is 5.75 Å². The van der Waals surface area contributed by atoms with Gasteiger partial charge in [0.2, 0.25) is 0 Å². The molecular formula is C16H16O4. The summed E-state index contributed by atoms with van der Waals surface area (Å²) in [5.74, 6) is 1.36. The minimum absolute atomic E-state index is 0.0362. The van der Waals surface area contributed by atoms with E-state index in [1.165, 1.54) is 0 Å². The number of methoxy groups -OCH3 is 2. The van der Waals surface area contributed by atoms with Crippen molar-refractivity contribution in [2.24, 2.45) is 0 Å². The predicted molar refractivity (Wildman–Crippen MR) is 75.4 cm³/mol. The maximum absolute atomic E-state index is 12.3. The summed E-state index contributed by atoms with van der Waals surface area (Å²) < 4.78 is 15.2. The van der Waals surface area contributed by atoms with Gasteiger partial charge in [-0.25, -0.2) is 0 Å². The van der Waals surface area contributed by atoms with Gasteiger partial charge in [0.05, 0.1) is 7.11 Å². The average Bonchev–Trinajstić information content (AvgIpc) is 2.53. The molecule has 20 heavy (non-hydrogen) atoms. The van der Waals surface area contributed by atoms with Crippen molar-refractivity contribution in [2.45, 2.75) is 0 Å². The van der Waals surface area contributed by atoms with Crippen LogP contribution in [0.3, 0.4) is 0 Å². The van der Waals surface area contributed by atoms with Crippen molar-refractivity contribution in [1.82, 2.24) is 0 Å². The van der Waals surface area contributed by atoms with Crippen molar-refractivity contribution in [3.63, 3.8) is 0 Å². The molecule has 0 spiro atoms. The van der Waals surface area contributed by atoms with Crippen LogP contribution in [0.2, 0.25) is 0 Å². The molecule has 0 N–H and O–H groups in total. The molecule has 4 heteroatoms. The summed E-state index contributed by atoms with van der Waals surface area (Å²) >= 11 is 0. The summed E-state index contributed by atoms with van der Waals surface area (Å²) in [5, 5.41) is 0. The molecule has 0 aliphatic heterocycles. The van der Waals surface area contributed by atoms with Crippen LogP contribution in [0.5, 0.6) is 11.5 Å². The number of rotatable bonds is 6. The Morgan fingerprint density at radius 1 is 0.850 bits per heavy atom. The average molecular weight is 272 g/mol. The summed E-state index contributed by atoms with van der Waals surface area (Å²) in [4.78, 5) is 12.3. The van der Waals surface area contributed by atoms with E-state index in [4.69, 9.17) is 14.2 Å². The number of carbonyl (C=O) groups excluding carboxylic acids is 1. The van der Waals surface area contributed by atoms with Gasteiger partial charge in [-0.05, 0) is 48.5 Å². The van der Waals surface area contributed by atoms with Crippen LogP contribution in [0.1, 0.15) is 15.9 Å². The number of ether oxygens (including phenoxy) is 3. The van der Waals surface area contributed by atoms with Crippen LogP contribution in [-0.4, -0.2) is 26.8 Å². The van der Waals surface area contributed by atoms with E-state index in [0.29, 0.717) is 16.9 Å². The first-order valence-corrected chi connectivity index (χ1v) is 6.15. The highest BCUT2D eigenvalue weighted by Crippen LogP contribution is 2.17. The molecule has 0 heterocycles. The fraction of sp³-hybridized carbons (Fsp3) is 0.188. The highest BCUT2D eigenvalue weighted by Gasteiger charge is 2.09. The van der Waals surface area contributed by atoms with Gasteiger partial charge in [0.1, 0.15) is 11.5 Å². The Balaban J connectivity index is 2.11. The fourth-order valence-corrected chi connectivity index (χ4v) is 1.74. The lowest BCUT2D eigenvalue weighted by Gasteiger charge is -2.06. The zero-order chi connectivity index (χ0) is 14.4. The van der Waals surface area contributed by atoms with E-state index >= 15 is 0 Å². The molecule has 0 radical (unpaired) electrons. The molecule has 0 aliphatic rings. The Morgan fingerprint density at radius 3 is 1.80 bits per heavy atom. The lowest BCUT2D eigenvalue weighted by atomic mass is 10.0. The van der Waals surface area contributed by atoms with E-state index in [1.54, 1.807) is 62.8 Å². The quantitative estimate of drug-likeness (QED) is 0.599. The second-order valence-corrected chi connectivity index (χ2v) is 4.13. The summed E-state index contributed by atoms with van der Waals surface area (Å²) in [5.41, 5.74) is 1.23. The molecule has 0 fully saturated rings. The molecule has 0 saturated carbocycles. The minimum Gasteiger partial charge on any atom is -0.497 e. The van der Waals surface area contributed by atoms with Crippen molar-refractivity contribution < 1.29 is 19.0 Å². The molecule has 0 saturated heterocycles. The van der Waals surface area contributed by atoms with Crippen LogP contribution in [0.25, 0.3) is 0 Å². The van der Waals surface area contributed by atoms with Crippen molar-refractivity contribution in [3.8, 4) is 11.5 Å². The van der Waals surface area contributed by atoms with E-state index in [1.807, 2.05) is 0 Å². The first kappa shape index (κ1) is 14.1. The molecule has 0 aliphatic carbocycles. The Morgan fingerprint density at radius 2 is 1.35 bits per heavy atom. The van der Waals surface area contributed by atoms with E-state index in [2.05, 4.69) is 0 Å². The Labute approximate surface area is 117 Å². The van der Waals surface area contributed by atoms with Gasteiger partial charge >= 0.3 is 0 Å². The number of ketones is 1. The van der Waals surface area contributed by atoms with Crippen molar-refractivity contribution in [2.75, 3.05) is 21.0 Å². The first-order chi connectivity index (χ1) is 9.74. The minimum atomic E-state index is -0.0362. The maximum Gasteiger partial charge on any atom is 0.193 e. The molecule has 4 nitrogen and oxygen atoms in total. The molecule has 0 amide bonds. The SMILES string of the molecule is COCOc1ccc(C(=O)c2ccc(OC)cc2)cc1. The maximum atomic E-state index is 12.3. The predicted octanol–water partition coefficient (Wildman–Crippen LogP) is 2.91. The second-order valence-electron chi connectivity index (χ2n) is 4.13. The van der Waals surface area contributed by atoms with E-state index in [9.17, 15) is 4.79 Å². The van der Waals surface area contributed by atoms with Crippen molar-refractivity contribution >= 4 is 5.78 Å².